The first-order valence-electron chi connectivity index (χ1n) is 17.8. The van der Waals surface area contributed by atoms with Crippen molar-refractivity contribution in [3.8, 4) is 22.8 Å². The minimum atomic E-state index is 0. The van der Waals surface area contributed by atoms with E-state index in [2.05, 4.69) is 9.80 Å². The molecule has 4 aliphatic heterocycles. The number of hydrogen-bond donors (Lipinski definition) is 0. The van der Waals surface area contributed by atoms with Crippen LogP contribution in [-0.4, -0.2) is 117 Å². The number of thioether (sulfide) groups is 4. The average Bonchev–Trinajstić information content (AvgIpc) is 3.92. The van der Waals surface area contributed by atoms with Crippen LogP contribution in [0, 0.1) is 0 Å². The second-order valence-electron chi connectivity index (χ2n) is 13.1. The summed E-state index contributed by atoms with van der Waals surface area (Å²) in [5, 5.41) is 1.85. The van der Waals surface area contributed by atoms with Gasteiger partial charge in [0.25, 0.3) is 0 Å². The maximum absolute atomic E-state index is 6.77. The fraction of sp³-hybridized carbons (Fsp3) is 0.368. The summed E-state index contributed by atoms with van der Waals surface area (Å²) in [4.78, 5) is 48.2. The molecule has 2 aromatic carbocycles. The minimum Gasteiger partial charge on any atom is -0.677 e. The molecule has 289 valence electrons. The Bertz CT molecular complexity index is 2310. The molecule has 55 heavy (non-hydrogen) atoms. The van der Waals surface area contributed by atoms with E-state index in [1.807, 2.05) is 76.7 Å². The molecule has 0 unspecified atom stereocenters. The predicted molar refractivity (Wildman–Crippen MR) is 230 cm³/mol. The van der Waals surface area contributed by atoms with Crippen molar-refractivity contribution in [2.45, 2.75) is 22.6 Å². The van der Waals surface area contributed by atoms with E-state index in [0.717, 1.165) is 90.4 Å². The molecule has 0 saturated carbocycles. The van der Waals surface area contributed by atoms with Crippen LogP contribution in [0.15, 0.2) is 58.3 Å². The monoisotopic (exact) mass is 853 g/mol. The maximum Gasteiger partial charge on any atom is 2.00 e. The SMILES string of the molecule is CN(C)CCC[NH-].CN(C)CCC[NH-].[Co+2].c1ccc2c(c1)-c1nc-2nc2[n-]c(nc3nc(nc4[n-]c(n1)c1c4SCCS1)C1=C3SCCS1)c1ccccc21. The number of aromatic nitrogens is 8. The third kappa shape index (κ3) is 9.60. The molecule has 9 rings (SSSR count). The Morgan fingerprint density at radius 3 is 1.36 bits per heavy atom. The number of nitrogens with zero attached hydrogens (tertiary/aromatic N) is 10. The molecule has 0 amide bonds. The van der Waals surface area contributed by atoms with Gasteiger partial charge in [-0.1, -0.05) is 61.4 Å². The number of benzene rings is 2. The fourth-order valence-corrected chi connectivity index (χ4v) is 10.6. The summed E-state index contributed by atoms with van der Waals surface area (Å²) in [6.07, 6.45) is 1.99. The standard InChI is InChI=1S/C28H16N8S4.2C5H13N2.Co/c1-3-7-15-13(5-1)21-29-22-14-6-2-4-8-16(14)24(31-22)33-26-18-20(40-12-10-38-18)28(35-26)36-27-19-17(37-9-11-39-19)25(34-27)32-23(15)30-21;2*1-7(2)5-3-4-6;/h1-8H,9-12H2;2*6H,3-5H2,1-2H3;/q-2;2*-1;+2. The average molecular weight is 854 g/mol. The van der Waals surface area contributed by atoms with Crippen LogP contribution in [0.1, 0.15) is 24.5 Å². The first-order valence-corrected chi connectivity index (χ1v) is 21.8. The topological polar surface area (TPSA) is 160 Å². The number of rotatable bonds is 6. The number of nitrogens with one attached hydrogen (secondary N) is 2. The largest absolute Gasteiger partial charge is 2.00 e. The summed E-state index contributed by atoms with van der Waals surface area (Å²) >= 11 is 7.13. The van der Waals surface area contributed by atoms with Crippen molar-refractivity contribution in [1.29, 1.82) is 0 Å². The minimum absolute atomic E-state index is 0. The molecule has 17 heteroatoms. The quantitative estimate of drug-likeness (QED) is 0.158. The third-order valence-corrected chi connectivity index (χ3v) is 13.6. The van der Waals surface area contributed by atoms with Crippen LogP contribution in [0.4, 0.5) is 0 Å². The van der Waals surface area contributed by atoms with Crippen LogP contribution in [-0.2, 0) is 16.8 Å². The van der Waals surface area contributed by atoms with Crippen LogP contribution in [0.25, 0.3) is 77.4 Å². The number of hydrogen-bond acceptors (Lipinski definition) is 12. The smallest absolute Gasteiger partial charge is 0.677 e. The molecule has 0 fully saturated rings. The van der Waals surface area contributed by atoms with Gasteiger partial charge in [-0.05, 0) is 52.1 Å². The van der Waals surface area contributed by atoms with Crippen molar-refractivity contribution in [2.75, 3.05) is 77.4 Å². The zero-order valence-electron chi connectivity index (χ0n) is 31.1. The van der Waals surface area contributed by atoms with Crippen molar-refractivity contribution < 1.29 is 16.8 Å². The van der Waals surface area contributed by atoms with Gasteiger partial charge in [-0.3, -0.25) is 0 Å². The van der Waals surface area contributed by atoms with Crippen molar-refractivity contribution >= 4 is 90.2 Å². The van der Waals surface area contributed by atoms with E-state index in [-0.39, 0.29) is 16.8 Å². The van der Waals surface area contributed by atoms with E-state index >= 15 is 0 Å². The molecule has 7 heterocycles. The van der Waals surface area contributed by atoms with E-state index in [4.69, 9.17) is 51.3 Å². The van der Waals surface area contributed by atoms with E-state index in [1.165, 1.54) is 0 Å². The van der Waals surface area contributed by atoms with Crippen LogP contribution in [0.2, 0.25) is 0 Å². The van der Waals surface area contributed by atoms with Gasteiger partial charge in [0.05, 0.1) is 33.1 Å². The van der Waals surface area contributed by atoms with Crippen molar-refractivity contribution in [2.24, 2.45) is 0 Å². The van der Waals surface area contributed by atoms with E-state index in [0.29, 0.717) is 59.0 Å². The Kier molecular flexibility index (Phi) is 14.7. The molecular weight excluding hydrogens is 812 g/mol. The molecule has 12 nitrogen and oxygen atoms in total. The van der Waals surface area contributed by atoms with Crippen molar-refractivity contribution in [3.05, 3.63) is 71.6 Å². The van der Waals surface area contributed by atoms with Crippen LogP contribution in [0.3, 0.4) is 0 Å². The summed E-state index contributed by atoms with van der Waals surface area (Å²) in [7, 11) is 8.09. The molecule has 1 radical (unpaired) electrons. The first-order chi connectivity index (χ1) is 26.3. The molecule has 3 aromatic heterocycles. The first kappa shape index (κ1) is 41.7. The molecule has 0 saturated heterocycles. The van der Waals surface area contributed by atoms with Gasteiger partial charge < -0.3 is 51.2 Å². The Balaban J connectivity index is 0.000000296. The van der Waals surface area contributed by atoms with Crippen LogP contribution < -0.4 is 9.97 Å². The van der Waals surface area contributed by atoms with Gasteiger partial charge in [0.15, 0.2) is 0 Å². The summed E-state index contributed by atoms with van der Waals surface area (Å²) in [5.74, 6) is 6.50. The molecular formula is C38H42CoN12S4-2. The fourth-order valence-electron chi connectivity index (χ4n) is 5.93. The Labute approximate surface area is 349 Å². The molecule has 5 aromatic rings. The van der Waals surface area contributed by atoms with Gasteiger partial charge in [0, 0.05) is 66.5 Å². The van der Waals surface area contributed by atoms with Crippen LogP contribution >= 0.6 is 47.0 Å². The molecule has 0 atom stereocenters. The zero-order chi connectivity index (χ0) is 37.6. The maximum atomic E-state index is 6.77. The van der Waals surface area contributed by atoms with Gasteiger partial charge in [0.1, 0.15) is 0 Å². The predicted octanol–water partition coefficient (Wildman–Crippen LogP) is 8.12. The second kappa shape index (κ2) is 19.5. The molecule has 0 spiro atoms. The van der Waals surface area contributed by atoms with Gasteiger partial charge in [-0.2, -0.15) is 0 Å². The summed E-state index contributed by atoms with van der Waals surface area (Å²) in [6, 6.07) is 16.1. The summed E-state index contributed by atoms with van der Waals surface area (Å²) < 4.78 is 0. The molecule has 0 aliphatic carbocycles. The molecule has 8 bridgehead atoms. The Morgan fingerprint density at radius 2 is 0.909 bits per heavy atom. The molecule has 2 N–H and O–H groups in total. The molecule has 4 aliphatic rings. The van der Waals surface area contributed by atoms with Crippen LogP contribution in [0.5, 0.6) is 0 Å². The second-order valence-corrected chi connectivity index (χ2v) is 17.5. The van der Waals surface area contributed by atoms with Crippen molar-refractivity contribution in [3.63, 3.8) is 0 Å². The zero-order valence-corrected chi connectivity index (χ0v) is 35.4. The third-order valence-electron chi connectivity index (χ3n) is 8.45. The Morgan fingerprint density at radius 1 is 0.527 bits per heavy atom. The normalized spacial score (nSPS) is 14.3. The van der Waals surface area contributed by atoms with E-state index < -0.39 is 0 Å². The van der Waals surface area contributed by atoms with Crippen molar-refractivity contribution in [1.82, 2.24) is 49.7 Å². The van der Waals surface area contributed by atoms with Gasteiger partial charge >= 0.3 is 16.8 Å². The van der Waals surface area contributed by atoms with E-state index in [9.17, 15) is 0 Å². The summed E-state index contributed by atoms with van der Waals surface area (Å²) in [6.45, 7) is 3.20. The van der Waals surface area contributed by atoms with E-state index in [1.54, 1.807) is 47.0 Å². The number of fused-ring (bicyclic) bond motifs is 19. The Hall–Kier alpha value is -2.97. The van der Waals surface area contributed by atoms with Gasteiger partial charge in [0.2, 0.25) is 0 Å². The van der Waals surface area contributed by atoms with Gasteiger partial charge in [-0.15, -0.1) is 60.1 Å². The van der Waals surface area contributed by atoms with Gasteiger partial charge in [-0.25, -0.2) is 9.97 Å². The summed E-state index contributed by atoms with van der Waals surface area (Å²) in [5.41, 5.74) is 17.9.